The lowest BCUT2D eigenvalue weighted by molar-refractivity contribution is -0.156. The Morgan fingerprint density at radius 3 is 2.23 bits per heavy atom. The highest BCUT2D eigenvalue weighted by Crippen LogP contribution is 2.44. The maximum absolute atomic E-state index is 15.4. The molecule has 11 heteroatoms. The van der Waals surface area contributed by atoms with Gasteiger partial charge in [-0.1, -0.05) is 76.7 Å². The van der Waals surface area contributed by atoms with E-state index in [1.54, 1.807) is 39.0 Å². The summed E-state index contributed by atoms with van der Waals surface area (Å²) in [5.74, 6) is -1.19. The van der Waals surface area contributed by atoms with Crippen molar-refractivity contribution in [3.63, 3.8) is 0 Å². The average molecular weight is 624 g/mol. The van der Waals surface area contributed by atoms with Crippen molar-refractivity contribution in [2.45, 2.75) is 57.0 Å². The van der Waals surface area contributed by atoms with E-state index in [2.05, 4.69) is 5.32 Å². The molecule has 1 saturated heterocycles. The molecule has 44 heavy (non-hydrogen) atoms. The molecule has 232 valence electrons. The number of benzene rings is 3. The minimum Gasteiger partial charge on any atom is -0.449 e. The van der Waals surface area contributed by atoms with Gasteiger partial charge in [0.15, 0.2) is 0 Å². The van der Waals surface area contributed by atoms with E-state index in [9.17, 15) is 14.4 Å². The zero-order valence-electron chi connectivity index (χ0n) is 25.0. The van der Waals surface area contributed by atoms with Gasteiger partial charge < -0.3 is 19.5 Å². The fourth-order valence-electron chi connectivity index (χ4n) is 5.84. The van der Waals surface area contributed by atoms with Crippen molar-refractivity contribution in [1.82, 2.24) is 15.3 Å². The summed E-state index contributed by atoms with van der Waals surface area (Å²) in [7, 11) is 1.33. The molecule has 3 amide bonds. The first kappa shape index (κ1) is 31.3. The standard InChI is InChI=1S/C33H35ClFN3O6/c1-33(2,3)44-32(41)37-18-27(29(42-4)28(37)30(39)38(35)17-20-10-9-11-21(34)16-20)36-31(40)43-19-26-24-14-7-5-12-22(24)23-13-6-8-15-25(23)26/h5-16,26-29H,17-19H2,1-4H3,(H,36,40)/t27-,28+,29+/m1/s1. The van der Waals surface area contributed by atoms with Crippen molar-refractivity contribution < 1.29 is 33.1 Å². The normalized spacial score (nSPS) is 19.2. The van der Waals surface area contributed by atoms with Crippen LogP contribution in [0.25, 0.3) is 11.1 Å². The van der Waals surface area contributed by atoms with Crippen molar-refractivity contribution in [3.05, 3.63) is 94.5 Å². The van der Waals surface area contributed by atoms with E-state index in [1.165, 1.54) is 13.2 Å². The molecule has 0 aromatic heterocycles. The number of amides is 3. The highest BCUT2D eigenvalue weighted by molar-refractivity contribution is 6.30. The molecule has 1 heterocycles. The molecule has 5 rings (SSSR count). The number of carbonyl (C=O) groups is 3. The van der Waals surface area contributed by atoms with Gasteiger partial charge in [0.05, 0.1) is 12.6 Å². The van der Waals surface area contributed by atoms with Crippen LogP contribution in [-0.2, 0) is 25.5 Å². The Morgan fingerprint density at radius 2 is 1.64 bits per heavy atom. The van der Waals surface area contributed by atoms with Gasteiger partial charge in [0.1, 0.15) is 24.4 Å². The van der Waals surface area contributed by atoms with Crippen LogP contribution in [0.15, 0.2) is 72.8 Å². The summed E-state index contributed by atoms with van der Waals surface area (Å²) < 4.78 is 32.2. The number of halogens is 2. The molecule has 3 aromatic carbocycles. The minimum atomic E-state index is -1.42. The van der Waals surface area contributed by atoms with Crippen LogP contribution in [0.3, 0.4) is 0 Å². The van der Waals surface area contributed by atoms with Crippen LogP contribution in [0.1, 0.15) is 43.4 Å². The number of ether oxygens (including phenoxy) is 3. The molecule has 9 nitrogen and oxygen atoms in total. The van der Waals surface area contributed by atoms with Crippen molar-refractivity contribution in [3.8, 4) is 11.1 Å². The van der Waals surface area contributed by atoms with E-state index in [1.807, 2.05) is 48.5 Å². The number of alkyl carbamates (subject to hydrolysis) is 1. The topological polar surface area (TPSA) is 97.4 Å². The monoisotopic (exact) mass is 623 g/mol. The molecular formula is C33H35ClFN3O6. The van der Waals surface area contributed by atoms with E-state index in [0.717, 1.165) is 27.2 Å². The zero-order valence-corrected chi connectivity index (χ0v) is 25.7. The molecule has 0 unspecified atom stereocenters. The number of fused-ring (bicyclic) bond motifs is 3. The molecular weight excluding hydrogens is 589 g/mol. The van der Waals surface area contributed by atoms with Gasteiger partial charge in [-0.2, -0.15) is 5.12 Å². The number of hydrogen-bond acceptors (Lipinski definition) is 6. The Kier molecular flexibility index (Phi) is 9.12. The predicted molar refractivity (Wildman–Crippen MR) is 163 cm³/mol. The molecule has 0 bridgehead atoms. The lowest BCUT2D eigenvalue weighted by Gasteiger charge is -2.30. The number of likely N-dealkylation sites (tertiary alicyclic amines) is 1. The van der Waals surface area contributed by atoms with Crippen LogP contribution in [0.4, 0.5) is 14.1 Å². The van der Waals surface area contributed by atoms with Crippen LogP contribution in [0.5, 0.6) is 0 Å². The number of rotatable bonds is 7. The van der Waals surface area contributed by atoms with Gasteiger partial charge in [-0.25, -0.2) is 9.59 Å². The molecule has 3 aromatic rings. The lowest BCUT2D eigenvalue weighted by Crippen LogP contribution is -2.52. The van der Waals surface area contributed by atoms with Crippen molar-refractivity contribution in [1.29, 1.82) is 0 Å². The third kappa shape index (κ3) is 6.66. The van der Waals surface area contributed by atoms with Gasteiger partial charge in [-0.3, -0.25) is 9.69 Å². The Labute approximate surface area is 260 Å². The first-order valence-corrected chi connectivity index (χ1v) is 14.7. The average Bonchev–Trinajstić information content (AvgIpc) is 3.50. The predicted octanol–water partition coefficient (Wildman–Crippen LogP) is 6.09. The summed E-state index contributed by atoms with van der Waals surface area (Å²) in [5.41, 5.74) is 3.87. The smallest absolute Gasteiger partial charge is 0.411 e. The Balaban J connectivity index is 1.31. The molecule has 1 fully saturated rings. The third-order valence-corrected chi connectivity index (χ3v) is 7.92. The summed E-state index contributed by atoms with van der Waals surface area (Å²) in [5, 5.41) is 3.13. The fraction of sp³-hybridized carbons (Fsp3) is 0.364. The van der Waals surface area contributed by atoms with Crippen LogP contribution in [-0.4, -0.2) is 72.2 Å². The number of methoxy groups -OCH3 is 1. The van der Waals surface area contributed by atoms with Gasteiger partial charge in [0.25, 0.3) is 5.91 Å². The highest BCUT2D eigenvalue weighted by atomic mass is 35.5. The highest BCUT2D eigenvalue weighted by Gasteiger charge is 2.52. The van der Waals surface area contributed by atoms with Gasteiger partial charge in [0, 0.05) is 24.6 Å². The number of nitrogens with one attached hydrogen (secondary N) is 1. The Bertz CT molecular complexity index is 1500. The quantitative estimate of drug-likeness (QED) is 0.320. The SMILES string of the molecule is CO[C@@H]1[C@@H](C(=O)N(F)Cc2cccc(Cl)c2)N(C(=O)OC(C)(C)C)C[C@H]1NC(=O)OCC1c2ccccc2-c2ccccc21. The molecule has 0 spiro atoms. The Hall–Kier alpha value is -4.15. The summed E-state index contributed by atoms with van der Waals surface area (Å²) in [4.78, 5) is 40.9. The first-order valence-electron chi connectivity index (χ1n) is 14.3. The van der Waals surface area contributed by atoms with Crippen LogP contribution in [0, 0.1) is 0 Å². The van der Waals surface area contributed by atoms with E-state index in [0.29, 0.717) is 10.6 Å². The largest absolute Gasteiger partial charge is 0.449 e. The number of carbonyl (C=O) groups excluding carboxylic acids is 3. The molecule has 0 saturated carbocycles. The second-order valence-corrected chi connectivity index (χ2v) is 12.3. The fourth-order valence-corrected chi connectivity index (χ4v) is 6.05. The van der Waals surface area contributed by atoms with Gasteiger partial charge in [0.2, 0.25) is 0 Å². The second kappa shape index (κ2) is 12.8. The Morgan fingerprint density at radius 1 is 1.00 bits per heavy atom. The van der Waals surface area contributed by atoms with E-state index < -0.39 is 48.4 Å². The maximum Gasteiger partial charge on any atom is 0.411 e. The van der Waals surface area contributed by atoms with E-state index in [4.69, 9.17) is 25.8 Å². The maximum atomic E-state index is 15.4. The molecule has 1 N–H and O–H groups in total. The summed E-state index contributed by atoms with van der Waals surface area (Å²) in [6, 6.07) is 20.1. The second-order valence-electron chi connectivity index (χ2n) is 11.8. The first-order chi connectivity index (χ1) is 21.0. The lowest BCUT2D eigenvalue weighted by atomic mass is 9.98. The molecule has 2 aliphatic rings. The van der Waals surface area contributed by atoms with Crippen molar-refractivity contribution >= 4 is 29.7 Å². The molecule has 1 aliphatic carbocycles. The van der Waals surface area contributed by atoms with E-state index in [-0.39, 0.29) is 24.2 Å². The third-order valence-electron chi connectivity index (χ3n) is 7.69. The molecule has 1 aliphatic heterocycles. The molecule has 3 atom stereocenters. The summed E-state index contributed by atoms with van der Waals surface area (Å²) in [6.07, 6.45) is -2.69. The van der Waals surface area contributed by atoms with E-state index >= 15 is 4.48 Å². The van der Waals surface area contributed by atoms with Gasteiger partial charge in [-0.15, -0.1) is 0 Å². The summed E-state index contributed by atoms with van der Waals surface area (Å²) >= 11 is 6.02. The van der Waals surface area contributed by atoms with Gasteiger partial charge >= 0.3 is 12.2 Å². The van der Waals surface area contributed by atoms with Crippen molar-refractivity contribution in [2.24, 2.45) is 0 Å². The van der Waals surface area contributed by atoms with Crippen LogP contribution in [0.2, 0.25) is 5.02 Å². The van der Waals surface area contributed by atoms with Crippen molar-refractivity contribution in [2.75, 3.05) is 20.3 Å². The minimum absolute atomic E-state index is 0.00933. The van der Waals surface area contributed by atoms with Gasteiger partial charge in [-0.05, 0) is 60.7 Å². The zero-order chi connectivity index (χ0) is 31.6. The number of nitrogens with zero attached hydrogens (tertiary/aromatic N) is 2. The van der Waals surface area contributed by atoms with Crippen LogP contribution >= 0.6 is 11.6 Å². The summed E-state index contributed by atoms with van der Waals surface area (Å²) in [6.45, 7) is 4.54. The number of hydrogen-bond donors (Lipinski definition) is 1. The van der Waals surface area contributed by atoms with Crippen LogP contribution < -0.4 is 5.32 Å². The molecule has 0 radical (unpaired) electrons.